The van der Waals surface area contributed by atoms with Crippen LogP contribution >= 0.6 is 0 Å². The summed E-state index contributed by atoms with van der Waals surface area (Å²) in [5.41, 5.74) is 6.25. The van der Waals surface area contributed by atoms with E-state index in [9.17, 15) is 18.0 Å². The lowest BCUT2D eigenvalue weighted by Crippen LogP contribution is -2.50. The van der Waals surface area contributed by atoms with E-state index in [0.29, 0.717) is 24.7 Å². The van der Waals surface area contributed by atoms with Crippen molar-refractivity contribution in [1.82, 2.24) is 5.32 Å². The molecule has 0 aromatic rings. The van der Waals surface area contributed by atoms with Crippen LogP contribution in [0.2, 0.25) is 0 Å². The van der Waals surface area contributed by atoms with Crippen LogP contribution < -0.4 is 11.1 Å². The molecule has 2 atom stereocenters. The molecular weight excluding hydrogens is 305 g/mol. The second-order valence-electron chi connectivity index (χ2n) is 7.80. The van der Waals surface area contributed by atoms with E-state index in [1.807, 2.05) is 0 Å². The highest BCUT2D eigenvalue weighted by atomic mass is 19.4. The van der Waals surface area contributed by atoms with Crippen molar-refractivity contribution in [3.05, 3.63) is 0 Å². The molecule has 3 N–H and O–H groups in total. The molecule has 3 aliphatic rings. The van der Waals surface area contributed by atoms with Gasteiger partial charge < -0.3 is 11.1 Å². The number of carbonyl (C=O) groups is 1. The van der Waals surface area contributed by atoms with Gasteiger partial charge in [0, 0.05) is 18.0 Å². The SMILES string of the molecule is NC1C2CCCC1CC(C(=O)NC1CCC(C(F)(F)F)CC1)C2. The van der Waals surface area contributed by atoms with Crippen molar-refractivity contribution in [1.29, 1.82) is 0 Å². The van der Waals surface area contributed by atoms with Crippen LogP contribution in [-0.4, -0.2) is 24.2 Å². The zero-order valence-electron chi connectivity index (χ0n) is 13.4. The van der Waals surface area contributed by atoms with Crippen molar-refractivity contribution in [2.45, 2.75) is 76.0 Å². The van der Waals surface area contributed by atoms with E-state index < -0.39 is 12.1 Å². The lowest BCUT2D eigenvalue weighted by molar-refractivity contribution is -0.182. The Bertz CT molecular complexity index is 418. The summed E-state index contributed by atoms with van der Waals surface area (Å²) in [7, 11) is 0. The van der Waals surface area contributed by atoms with Gasteiger partial charge >= 0.3 is 6.18 Å². The van der Waals surface area contributed by atoms with Crippen LogP contribution in [0.4, 0.5) is 13.2 Å². The van der Waals surface area contributed by atoms with Crippen molar-refractivity contribution in [3.63, 3.8) is 0 Å². The number of hydrogen-bond donors (Lipinski definition) is 2. The first-order valence-electron chi connectivity index (χ1n) is 8.97. The topological polar surface area (TPSA) is 55.1 Å². The maximum absolute atomic E-state index is 12.7. The first-order valence-corrected chi connectivity index (χ1v) is 8.97. The maximum Gasteiger partial charge on any atom is 0.391 e. The molecule has 6 heteroatoms. The minimum atomic E-state index is -4.09. The van der Waals surface area contributed by atoms with E-state index >= 15 is 0 Å². The van der Waals surface area contributed by atoms with Gasteiger partial charge in [-0.2, -0.15) is 13.2 Å². The number of alkyl halides is 3. The van der Waals surface area contributed by atoms with Crippen LogP contribution in [0.15, 0.2) is 0 Å². The minimum absolute atomic E-state index is 0.00504. The zero-order valence-corrected chi connectivity index (χ0v) is 13.4. The summed E-state index contributed by atoms with van der Waals surface area (Å²) in [6.45, 7) is 0. The summed E-state index contributed by atoms with van der Waals surface area (Å²) in [4.78, 5) is 12.5. The fourth-order valence-corrected chi connectivity index (χ4v) is 4.89. The molecule has 3 saturated carbocycles. The third-order valence-electron chi connectivity index (χ3n) is 6.32. The van der Waals surface area contributed by atoms with Gasteiger partial charge in [-0.3, -0.25) is 4.79 Å². The van der Waals surface area contributed by atoms with Gasteiger partial charge in [-0.1, -0.05) is 6.42 Å². The van der Waals surface area contributed by atoms with E-state index in [2.05, 4.69) is 5.32 Å². The summed E-state index contributed by atoms with van der Waals surface area (Å²) in [5.74, 6) is -0.254. The van der Waals surface area contributed by atoms with Gasteiger partial charge in [0.2, 0.25) is 5.91 Å². The number of hydrogen-bond acceptors (Lipinski definition) is 2. The van der Waals surface area contributed by atoms with E-state index in [0.717, 1.165) is 25.7 Å². The second-order valence-corrected chi connectivity index (χ2v) is 7.80. The lowest BCUT2D eigenvalue weighted by Gasteiger charge is -2.44. The van der Waals surface area contributed by atoms with Crippen LogP contribution in [0.5, 0.6) is 0 Å². The van der Waals surface area contributed by atoms with E-state index in [4.69, 9.17) is 5.73 Å². The smallest absolute Gasteiger partial charge is 0.353 e. The molecule has 3 nitrogen and oxygen atoms in total. The molecule has 0 aromatic heterocycles. The Labute approximate surface area is 135 Å². The molecule has 0 aromatic carbocycles. The Balaban J connectivity index is 1.49. The van der Waals surface area contributed by atoms with Gasteiger partial charge in [-0.15, -0.1) is 0 Å². The number of rotatable bonds is 2. The highest BCUT2D eigenvalue weighted by molar-refractivity contribution is 5.79. The van der Waals surface area contributed by atoms with Crippen molar-refractivity contribution >= 4 is 5.91 Å². The van der Waals surface area contributed by atoms with Crippen LogP contribution in [0.3, 0.4) is 0 Å². The van der Waals surface area contributed by atoms with Crippen molar-refractivity contribution in [2.75, 3.05) is 0 Å². The maximum atomic E-state index is 12.7. The fraction of sp³-hybridized carbons (Fsp3) is 0.941. The van der Waals surface area contributed by atoms with Crippen LogP contribution in [0, 0.1) is 23.7 Å². The molecule has 132 valence electrons. The third-order valence-corrected chi connectivity index (χ3v) is 6.32. The summed E-state index contributed by atoms with van der Waals surface area (Å²) in [6, 6.07) is 0.145. The molecule has 0 aliphatic heterocycles. The number of amides is 1. The van der Waals surface area contributed by atoms with Gasteiger partial charge in [0.05, 0.1) is 5.92 Å². The van der Waals surface area contributed by atoms with Gasteiger partial charge in [-0.05, 0) is 63.2 Å². The fourth-order valence-electron chi connectivity index (χ4n) is 4.89. The first-order chi connectivity index (χ1) is 10.8. The second kappa shape index (κ2) is 6.61. The quantitative estimate of drug-likeness (QED) is 0.814. The Morgan fingerprint density at radius 2 is 1.52 bits per heavy atom. The number of nitrogens with one attached hydrogen (secondary N) is 1. The molecule has 0 heterocycles. The molecule has 3 rings (SSSR count). The van der Waals surface area contributed by atoms with Crippen LogP contribution in [-0.2, 0) is 4.79 Å². The van der Waals surface area contributed by atoms with Crippen molar-refractivity contribution < 1.29 is 18.0 Å². The monoisotopic (exact) mass is 332 g/mol. The molecule has 2 unspecified atom stereocenters. The Hall–Kier alpha value is -0.780. The highest BCUT2D eigenvalue weighted by Crippen LogP contribution is 2.42. The lowest BCUT2D eigenvalue weighted by atomic mass is 9.65. The number of carbonyl (C=O) groups excluding carboxylic acids is 1. The Morgan fingerprint density at radius 1 is 0.957 bits per heavy atom. The highest BCUT2D eigenvalue weighted by Gasteiger charge is 2.43. The molecular formula is C17H27F3N2O. The van der Waals surface area contributed by atoms with Gasteiger partial charge in [0.1, 0.15) is 0 Å². The summed E-state index contributed by atoms with van der Waals surface area (Å²) < 4.78 is 38.1. The zero-order chi connectivity index (χ0) is 16.6. The van der Waals surface area contributed by atoms with Crippen LogP contribution in [0.25, 0.3) is 0 Å². The average Bonchev–Trinajstić information content (AvgIpc) is 2.46. The third kappa shape index (κ3) is 3.83. The average molecular weight is 332 g/mol. The molecule has 3 fully saturated rings. The molecule has 1 amide bonds. The standard InChI is InChI=1S/C17H27F3N2O/c18-17(19,20)13-4-6-14(7-5-13)22-16(23)12-8-10-2-1-3-11(9-12)15(10)21/h10-15H,1-9,21H2,(H,22,23). The summed E-state index contributed by atoms with van der Waals surface area (Å²) in [6.07, 6.45) is 2.18. The summed E-state index contributed by atoms with van der Waals surface area (Å²) >= 11 is 0. The van der Waals surface area contributed by atoms with E-state index in [-0.39, 0.29) is 36.8 Å². The Kier molecular flexibility index (Phi) is 4.90. The predicted molar refractivity (Wildman–Crippen MR) is 81.5 cm³/mol. The summed E-state index contributed by atoms with van der Waals surface area (Å²) in [5, 5.41) is 3.02. The number of halogens is 3. The largest absolute Gasteiger partial charge is 0.391 e. The Morgan fingerprint density at radius 3 is 2.04 bits per heavy atom. The molecule has 0 saturated heterocycles. The van der Waals surface area contributed by atoms with Gasteiger partial charge in [0.15, 0.2) is 0 Å². The normalized spacial score (nSPS) is 41.4. The number of fused-ring (bicyclic) bond motifs is 2. The van der Waals surface area contributed by atoms with Crippen molar-refractivity contribution in [3.8, 4) is 0 Å². The van der Waals surface area contributed by atoms with E-state index in [1.165, 1.54) is 6.42 Å². The van der Waals surface area contributed by atoms with Gasteiger partial charge in [-0.25, -0.2) is 0 Å². The van der Waals surface area contributed by atoms with Crippen LogP contribution in [0.1, 0.15) is 57.8 Å². The van der Waals surface area contributed by atoms with Crippen molar-refractivity contribution in [2.24, 2.45) is 29.4 Å². The molecule has 0 spiro atoms. The molecule has 2 bridgehead atoms. The number of nitrogens with two attached hydrogens (primary N) is 1. The molecule has 0 radical (unpaired) electrons. The first kappa shape index (κ1) is 17.1. The molecule has 23 heavy (non-hydrogen) atoms. The molecule has 3 aliphatic carbocycles. The van der Waals surface area contributed by atoms with Gasteiger partial charge in [0.25, 0.3) is 0 Å². The minimum Gasteiger partial charge on any atom is -0.353 e. The van der Waals surface area contributed by atoms with E-state index in [1.54, 1.807) is 0 Å². The predicted octanol–water partition coefficient (Wildman–Crippen LogP) is 3.38.